The fourth-order valence-electron chi connectivity index (χ4n) is 1.76. The third-order valence-corrected chi connectivity index (χ3v) is 2.63. The lowest BCUT2D eigenvalue weighted by Gasteiger charge is -2.23. The molecule has 2 nitrogen and oxygen atoms in total. The minimum atomic E-state index is -4.33. The van der Waals surface area contributed by atoms with Crippen molar-refractivity contribution in [2.75, 3.05) is 6.54 Å². The molecule has 0 bridgehead atoms. The average Bonchev–Trinajstić information content (AvgIpc) is 2.29. The Bertz CT molecular complexity index is 372. The second-order valence-electron chi connectivity index (χ2n) is 4.00. The number of rotatable bonds is 2. The van der Waals surface area contributed by atoms with E-state index in [1.54, 1.807) is 0 Å². The van der Waals surface area contributed by atoms with Gasteiger partial charge in [0.15, 0.2) is 6.23 Å². The Balaban J connectivity index is 2.05. The summed E-state index contributed by atoms with van der Waals surface area (Å²) < 4.78 is 42.8. The van der Waals surface area contributed by atoms with Gasteiger partial charge in [0.25, 0.3) is 0 Å². The Kier molecular flexibility index (Phi) is 3.57. The number of hydrogen-bond donors (Lipinski definition) is 0. The third kappa shape index (κ3) is 3.36. The maximum absolute atomic E-state index is 12.5. The summed E-state index contributed by atoms with van der Waals surface area (Å²) in [7, 11) is 0. The van der Waals surface area contributed by atoms with E-state index in [1.807, 2.05) is 0 Å². The molecule has 0 aliphatic carbocycles. The number of alkyl halides is 3. The zero-order valence-electron chi connectivity index (χ0n) is 9.20. The Labute approximate surface area is 97.8 Å². The van der Waals surface area contributed by atoms with Gasteiger partial charge in [-0.25, -0.2) is 5.32 Å². The van der Waals surface area contributed by atoms with Crippen molar-refractivity contribution in [1.29, 1.82) is 0 Å². The highest BCUT2D eigenvalue weighted by molar-refractivity contribution is 5.30. The normalized spacial score (nSPS) is 21.2. The van der Waals surface area contributed by atoms with Crippen molar-refractivity contribution >= 4 is 0 Å². The molecule has 0 aromatic heterocycles. The van der Waals surface area contributed by atoms with Crippen molar-refractivity contribution in [3.8, 4) is 5.75 Å². The smallest absolute Gasteiger partial charge is 0.416 e. The lowest BCUT2D eigenvalue weighted by Crippen LogP contribution is -2.32. The van der Waals surface area contributed by atoms with Crippen molar-refractivity contribution in [1.82, 2.24) is 5.32 Å². The molecule has 1 atom stereocenters. The molecule has 1 radical (unpaired) electrons. The van der Waals surface area contributed by atoms with Gasteiger partial charge in [-0.15, -0.1) is 0 Å². The summed E-state index contributed by atoms with van der Waals surface area (Å²) in [4.78, 5) is 0. The largest absolute Gasteiger partial charge is 0.474 e. The first-order valence-corrected chi connectivity index (χ1v) is 5.56. The van der Waals surface area contributed by atoms with E-state index in [1.165, 1.54) is 12.1 Å². The average molecular weight is 244 g/mol. The first-order chi connectivity index (χ1) is 8.05. The van der Waals surface area contributed by atoms with Crippen molar-refractivity contribution in [2.24, 2.45) is 0 Å². The molecule has 1 saturated heterocycles. The lowest BCUT2D eigenvalue weighted by atomic mass is 10.1. The first-order valence-electron chi connectivity index (χ1n) is 5.56. The van der Waals surface area contributed by atoms with Crippen LogP contribution in [0.3, 0.4) is 0 Å². The van der Waals surface area contributed by atoms with Crippen LogP contribution in [0.4, 0.5) is 13.2 Å². The quantitative estimate of drug-likeness (QED) is 0.783. The lowest BCUT2D eigenvalue weighted by molar-refractivity contribution is -0.137. The fourth-order valence-corrected chi connectivity index (χ4v) is 1.76. The van der Waals surface area contributed by atoms with Gasteiger partial charge < -0.3 is 4.74 Å². The number of piperidine rings is 1. The molecule has 0 spiro atoms. The van der Waals surface area contributed by atoms with Crippen LogP contribution in [-0.2, 0) is 6.18 Å². The monoisotopic (exact) mass is 244 g/mol. The van der Waals surface area contributed by atoms with E-state index in [9.17, 15) is 13.2 Å². The number of ether oxygens (including phenoxy) is 1. The topological polar surface area (TPSA) is 23.3 Å². The van der Waals surface area contributed by atoms with Gasteiger partial charge in [-0.1, -0.05) is 6.07 Å². The molecule has 1 unspecified atom stereocenters. The minimum Gasteiger partial charge on any atom is -0.474 e. The van der Waals surface area contributed by atoms with Gasteiger partial charge in [0.2, 0.25) is 0 Å². The van der Waals surface area contributed by atoms with Crippen LogP contribution in [0.2, 0.25) is 0 Å². The van der Waals surface area contributed by atoms with Crippen LogP contribution in [0.5, 0.6) is 5.75 Å². The molecule has 0 amide bonds. The van der Waals surface area contributed by atoms with E-state index in [0.29, 0.717) is 0 Å². The first kappa shape index (κ1) is 12.2. The summed E-state index contributed by atoms with van der Waals surface area (Å²) in [6.45, 7) is 0.726. The van der Waals surface area contributed by atoms with Crippen molar-refractivity contribution < 1.29 is 17.9 Å². The second-order valence-corrected chi connectivity index (χ2v) is 4.00. The summed E-state index contributed by atoms with van der Waals surface area (Å²) in [6.07, 6.45) is -1.82. The van der Waals surface area contributed by atoms with Crippen LogP contribution < -0.4 is 10.1 Å². The molecule has 1 aliphatic rings. The van der Waals surface area contributed by atoms with E-state index in [0.717, 1.165) is 37.9 Å². The predicted octanol–water partition coefficient (Wildman–Crippen LogP) is 3.20. The SMILES string of the molecule is FC(F)(F)c1cccc(OC2CCCC[N]2)c1. The van der Waals surface area contributed by atoms with Gasteiger partial charge in [0.1, 0.15) is 5.75 Å². The second kappa shape index (κ2) is 4.96. The number of halogens is 3. The minimum absolute atomic E-state index is 0.232. The van der Waals surface area contributed by atoms with Gasteiger partial charge >= 0.3 is 6.18 Å². The van der Waals surface area contributed by atoms with Crippen LogP contribution in [-0.4, -0.2) is 12.8 Å². The van der Waals surface area contributed by atoms with E-state index in [2.05, 4.69) is 5.32 Å². The number of benzene rings is 1. The maximum atomic E-state index is 12.5. The van der Waals surface area contributed by atoms with E-state index < -0.39 is 11.7 Å². The molecule has 1 heterocycles. The summed E-state index contributed by atoms with van der Waals surface area (Å²) in [5.41, 5.74) is -0.689. The summed E-state index contributed by atoms with van der Waals surface area (Å²) in [5, 5.41) is 4.21. The molecule has 93 valence electrons. The summed E-state index contributed by atoms with van der Waals surface area (Å²) in [5.74, 6) is 0.232. The molecule has 5 heteroatoms. The van der Waals surface area contributed by atoms with Crippen LogP contribution in [0.15, 0.2) is 24.3 Å². The van der Waals surface area contributed by atoms with Crippen molar-refractivity contribution in [3.63, 3.8) is 0 Å². The van der Waals surface area contributed by atoms with Crippen molar-refractivity contribution in [2.45, 2.75) is 31.7 Å². The number of nitrogens with zero attached hydrogens (tertiary/aromatic N) is 1. The molecular formula is C12H13F3NO. The molecule has 2 rings (SSSR count). The van der Waals surface area contributed by atoms with Crippen LogP contribution in [0, 0.1) is 0 Å². The van der Waals surface area contributed by atoms with Gasteiger partial charge in [0, 0.05) is 6.54 Å². The third-order valence-electron chi connectivity index (χ3n) is 2.63. The molecule has 1 aromatic carbocycles. The van der Waals surface area contributed by atoms with E-state index >= 15 is 0 Å². The highest BCUT2D eigenvalue weighted by Gasteiger charge is 2.30. The zero-order chi connectivity index (χ0) is 12.3. The molecule has 17 heavy (non-hydrogen) atoms. The molecule has 1 fully saturated rings. The molecular weight excluding hydrogens is 231 g/mol. The standard InChI is InChI=1S/C12H13F3NO/c13-12(14,15)9-4-3-5-10(8-9)17-11-6-1-2-7-16-11/h3-5,8,11H,1-2,6-7H2. The van der Waals surface area contributed by atoms with Gasteiger partial charge in [-0.3, -0.25) is 0 Å². The van der Waals surface area contributed by atoms with Crippen molar-refractivity contribution in [3.05, 3.63) is 29.8 Å². The van der Waals surface area contributed by atoms with Gasteiger partial charge in [0.05, 0.1) is 5.56 Å². The Hall–Kier alpha value is -1.23. The van der Waals surface area contributed by atoms with Crippen LogP contribution in [0.25, 0.3) is 0 Å². The number of hydrogen-bond acceptors (Lipinski definition) is 1. The Morgan fingerprint density at radius 1 is 1.24 bits per heavy atom. The van der Waals surface area contributed by atoms with Gasteiger partial charge in [-0.05, 0) is 37.5 Å². The Morgan fingerprint density at radius 3 is 2.71 bits per heavy atom. The maximum Gasteiger partial charge on any atom is 0.416 e. The van der Waals surface area contributed by atoms with Crippen LogP contribution in [0.1, 0.15) is 24.8 Å². The summed E-state index contributed by atoms with van der Waals surface area (Å²) >= 11 is 0. The fraction of sp³-hybridized carbons (Fsp3) is 0.500. The van der Waals surface area contributed by atoms with E-state index in [-0.39, 0.29) is 12.0 Å². The summed E-state index contributed by atoms with van der Waals surface area (Å²) in [6, 6.07) is 4.93. The van der Waals surface area contributed by atoms with Crippen LogP contribution >= 0.6 is 0 Å². The molecule has 1 aliphatic heterocycles. The Morgan fingerprint density at radius 2 is 2.06 bits per heavy atom. The molecule has 0 N–H and O–H groups in total. The zero-order valence-corrected chi connectivity index (χ0v) is 9.20. The molecule has 1 aromatic rings. The highest BCUT2D eigenvalue weighted by Crippen LogP contribution is 2.31. The molecule has 0 saturated carbocycles. The predicted molar refractivity (Wildman–Crippen MR) is 56.7 cm³/mol. The van der Waals surface area contributed by atoms with E-state index in [4.69, 9.17) is 4.74 Å². The highest BCUT2D eigenvalue weighted by atomic mass is 19.4. The van der Waals surface area contributed by atoms with Gasteiger partial charge in [-0.2, -0.15) is 13.2 Å².